The lowest BCUT2D eigenvalue weighted by Gasteiger charge is -2.07. The maximum absolute atomic E-state index is 13.6. The van der Waals surface area contributed by atoms with Crippen molar-refractivity contribution in [3.63, 3.8) is 0 Å². The molecule has 10 heteroatoms. The maximum atomic E-state index is 13.6. The summed E-state index contributed by atoms with van der Waals surface area (Å²) in [6.45, 7) is 0.558. The highest BCUT2D eigenvalue weighted by molar-refractivity contribution is 7.98. The van der Waals surface area contributed by atoms with Gasteiger partial charge in [-0.05, 0) is 42.5 Å². The quantitative estimate of drug-likeness (QED) is 0.394. The second-order valence-corrected chi connectivity index (χ2v) is 8.19. The zero-order valence-electron chi connectivity index (χ0n) is 17.7. The van der Waals surface area contributed by atoms with Crippen LogP contribution < -0.4 is 10.9 Å². The molecule has 1 amide bonds. The first-order valence-corrected chi connectivity index (χ1v) is 11.4. The molecule has 0 bridgehead atoms. The monoisotopic (exact) mass is 470 g/mol. The highest BCUT2D eigenvalue weighted by Gasteiger charge is 2.18. The summed E-state index contributed by atoms with van der Waals surface area (Å²) in [6.07, 6.45) is 4.03. The van der Waals surface area contributed by atoms with Gasteiger partial charge in [-0.1, -0.05) is 17.3 Å². The molecule has 4 rings (SSSR count). The van der Waals surface area contributed by atoms with Gasteiger partial charge in [0.25, 0.3) is 11.3 Å². The lowest BCUT2D eigenvalue weighted by Crippen LogP contribution is -2.29. The molecule has 0 aliphatic rings. The summed E-state index contributed by atoms with van der Waals surface area (Å²) in [5, 5.41) is 6.59. The Morgan fingerprint density at radius 1 is 1.15 bits per heavy atom. The normalized spacial score (nSPS) is 11.1. The van der Waals surface area contributed by atoms with E-state index in [1.54, 1.807) is 11.8 Å². The van der Waals surface area contributed by atoms with E-state index < -0.39 is 17.2 Å². The van der Waals surface area contributed by atoms with Crippen molar-refractivity contribution < 1.29 is 18.1 Å². The predicted molar refractivity (Wildman–Crippen MR) is 121 cm³/mol. The molecule has 33 heavy (non-hydrogen) atoms. The molecular weight excluding hydrogens is 450 g/mol. The molecule has 2 heterocycles. The number of halogens is 2. The van der Waals surface area contributed by atoms with Crippen LogP contribution in [0.5, 0.6) is 0 Å². The molecule has 0 saturated heterocycles. The number of hydrogen-bond donors (Lipinski definition) is 1. The number of rotatable bonds is 8. The number of aryl methyl sites for hydroxylation is 1. The number of benzene rings is 2. The Hall–Kier alpha value is -3.53. The third kappa shape index (κ3) is 5.28. The van der Waals surface area contributed by atoms with Crippen molar-refractivity contribution in [2.45, 2.75) is 24.3 Å². The fourth-order valence-electron chi connectivity index (χ4n) is 3.38. The molecule has 4 aromatic rings. The average Bonchev–Trinajstić information content (AvgIpc) is 3.23. The molecule has 0 unspecified atom stereocenters. The van der Waals surface area contributed by atoms with Crippen LogP contribution in [0.2, 0.25) is 0 Å². The number of carbonyl (C=O) groups excluding carboxylic acids is 1. The second-order valence-electron chi connectivity index (χ2n) is 7.31. The molecule has 7 nitrogen and oxygen atoms in total. The molecule has 2 aromatic carbocycles. The number of carbonyl (C=O) groups is 1. The minimum absolute atomic E-state index is 0.00315. The first-order valence-electron chi connectivity index (χ1n) is 10.2. The van der Waals surface area contributed by atoms with Crippen molar-refractivity contribution in [2.75, 3.05) is 12.8 Å². The largest absolute Gasteiger partial charge is 0.356 e. The molecule has 0 aliphatic carbocycles. The Bertz CT molecular complexity index is 1330. The summed E-state index contributed by atoms with van der Waals surface area (Å²) < 4.78 is 33.5. The number of hydrogen-bond acceptors (Lipinski definition) is 6. The van der Waals surface area contributed by atoms with Gasteiger partial charge in [-0.3, -0.25) is 14.2 Å². The number of thioether (sulfide) groups is 1. The number of nitrogens with zero attached hydrogens (tertiary/aromatic N) is 3. The third-order valence-corrected chi connectivity index (χ3v) is 5.82. The van der Waals surface area contributed by atoms with Crippen molar-refractivity contribution in [3.05, 3.63) is 76.3 Å². The molecule has 0 saturated carbocycles. The van der Waals surface area contributed by atoms with Crippen LogP contribution in [0.25, 0.3) is 22.4 Å². The van der Waals surface area contributed by atoms with Gasteiger partial charge >= 0.3 is 0 Å². The van der Waals surface area contributed by atoms with E-state index >= 15 is 0 Å². The van der Waals surface area contributed by atoms with Gasteiger partial charge in [-0.15, -0.1) is 11.8 Å². The van der Waals surface area contributed by atoms with Crippen LogP contribution in [0.4, 0.5) is 8.78 Å². The van der Waals surface area contributed by atoms with Crippen molar-refractivity contribution in [1.82, 2.24) is 20.0 Å². The Balaban J connectivity index is 1.41. The van der Waals surface area contributed by atoms with Crippen LogP contribution in [0, 0.1) is 11.6 Å². The standard InChI is InChI=1S/C23H20F2N4O3S/c1-33-18-4-2-14(3-5-18)6-8-26-19(30)7-9-29-13-27-22-20(23(29)31)21(28-32-22)15-10-16(24)12-17(25)11-15/h2-5,10-13H,6-9H2,1H3,(H,26,30). The van der Waals surface area contributed by atoms with E-state index in [9.17, 15) is 18.4 Å². The number of nitrogens with one attached hydrogen (secondary N) is 1. The van der Waals surface area contributed by atoms with Gasteiger partial charge in [0.05, 0.1) is 0 Å². The van der Waals surface area contributed by atoms with Gasteiger partial charge in [0.2, 0.25) is 5.91 Å². The van der Waals surface area contributed by atoms with Crippen molar-refractivity contribution in [1.29, 1.82) is 0 Å². The van der Waals surface area contributed by atoms with E-state index in [1.165, 1.54) is 15.8 Å². The SMILES string of the molecule is CSc1ccc(CCNC(=O)CCn2cnc3onc(-c4cc(F)cc(F)c4)c3c2=O)cc1. The van der Waals surface area contributed by atoms with E-state index in [-0.39, 0.29) is 41.2 Å². The van der Waals surface area contributed by atoms with Gasteiger partial charge in [-0.2, -0.15) is 0 Å². The molecule has 170 valence electrons. The highest BCUT2D eigenvalue weighted by Crippen LogP contribution is 2.25. The van der Waals surface area contributed by atoms with E-state index in [2.05, 4.69) is 15.5 Å². The Morgan fingerprint density at radius 2 is 1.88 bits per heavy atom. The summed E-state index contributed by atoms with van der Waals surface area (Å²) in [7, 11) is 0. The molecule has 2 aromatic heterocycles. The van der Waals surface area contributed by atoms with Crippen molar-refractivity contribution >= 4 is 28.8 Å². The lowest BCUT2D eigenvalue weighted by atomic mass is 10.1. The first-order chi connectivity index (χ1) is 15.9. The zero-order valence-corrected chi connectivity index (χ0v) is 18.5. The number of fused-ring (bicyclic) bond motifs is 1. The van der Waals surface area contributed by atoms with Crippen molar-refractivity contribution in [2.24, 2.45) is 0 Å². The topological polar surface area (TPSA) is 90.0 Å². The summed E-state index contributed by atoms with van der Waals surface area (Å²) in [4.78, 5) is 30.4. The van der Waals surface area contributed by atoms with Crippen LogP contribution in [-0.4, -0.2) is 33.4 Å². The molecule has 0 aliphatic heterocycles. The summed E-state index contributed by atoms with van der Waals surface area (Å²) in [6, 6.07) is 11.0. The second kappa shape index (κ2) is 9.95. The Labute approximate surface area is 191 Å². The van der Waals surface area contributed by atoms with Gasteiger partial charge in [0, 0.05) is 36.0 Å². The minimum atomic E-state index is -0.803. The van der Waals surface area contributed by atoms with E-state index in [0.29, 0.717) is 13.0 Å². The number of aromatic nitrogens is 3. The molecule has 1 N–H and O–H groups in total. The minimum Gasteiger partial charge on any atom is -0.356 e. The summed E-state index contributed by atoms with van der Waals surface area (Å²) in [5.74, 6) is -1.81. The van der Waals surface area contributed by atoms with E-state index in [0.717, 1.165) is 23.8 Å². The van der Waals surface area contributed by atoms with Crippen LogP contribution in [0.15, 0.2) is 63.0 Å². The molecule has 0 radical (unpaired) electrons. The van der Waals surface area contributed by atoms with Crippen molar-refractivity contribution in [3.8, 4) is 11.3 Å². The van der Waals surface area contributed by atoms with Crippen LogP contribution in [-0.2, 0) is 17.8 Å². The molecule has 0 fully saturated rings. The lowest BCUT2D eigenvalue weighted by molar-refractivity contribution is -0.121. The van der Waals surface area contributed by atoms with Gasteiger partial charge < -0.3 is 9.84 Å². The number of amides is 1. The molecule has 0 atom stereocenters. The summed E-state index contributed by atoms with van der Waals surface area (Å²) in [5.41, 5.74) is 0.613. The fourth-order valence-corrected chi connectivity index (χ4v) is 3.78. The van der Waals surface area contributed by atoms with Gasteiger partial charge in [-0.25, -0.2) is 13.8 Å². The molecule has 0 spiro atoms. The van der Waals surface area contributed by atoms with Crippen LogP contribution >= 0.6 is 11.8 Å². The Kier molecular flexibility index (Phi) is 6.83. The smallest absolute Gasteiger partial charge is 0.266 e. The van der Waals surface area contributed by atoms with Gasteiger partial charge in [0.15, 0.2) is 0 Å². The highest BCUT2D eigenvalue weighted by atomic mass is 32.2. The predicted octanol–water partition coefficient (Wildman–Crippen LogP) is 3.80. The van der Waals surface area contributed by atoms with Crippen LogP contribution in [0.1, 0.15) is 12.0 Å². The molecular formula is C23H20F2N4O3S. The van der Waals surface area contributed by atoms with Crippen LogP contribution in [0.3, 0.4) is 0 Å². The Morgan fingerprint density at radius 3 is 2.58 bits per heavy atom. The zero-order chi connectivity index (χ0) is 23.4. The van der Waals surface area contributed by atoms with E-state index in [1.807, 2.05) is 30.5 Å². The fraction of sp³-hybridized carbons (Fsp3) is 0.217. The first kappa shape index (κ1) is 22.7. The van der Waals surface area contributed by atoms with E-state index in [4.69, 9.17) is 4.52 Å². The van der Waals surface area contributed by atoms with Gasteiger partial charge in [0.1, 0.15) is 29.0 Å². The summed E-state index contributed by atoms with van der Waals surface area (Å²) >= 11 is 1.67. The average molecular weight is 471 g/mol. The third-order valence-electron chi connectivity index (χ3n) is 5.07. The maximum Gasteiger partial charge on any atom is 0.266 e.